The van der Waals surface area contributed by atoms with Crippen LogP contribution in [-0.4, -0.2) is 24.8 Å². The Morgan fingerprint density at radius 3 is 2.94 bits per heavy atom. The molecule has 2 N–H and O–H groups in total. The maximum Gasteiger partial charge on any atom is 0.142 e. The maximum absolute atomic E-state index is 5.55. The Hall–Kier alpha value is -1.13. The van der Waals surface area contributed by atoms with E-state index in [1.165, 1.54) is 0 Å². The van der Waals surface area contributed by atoms with Crippen LogP contribution in [0.15, 0.2) is 18.3 Å². The number of hydrogen-bond acceptors (Lipinski definition) is 4. The minimum Gasteiger partial charge on any atom is -0.489 e. The predicted octanol–water partition coefficient (Wildman–Crippen LogP) is 1.74. The molecule has 1 rings (SSSR count). The van der Waals surface area contributed by atoms with Gasteiger partial charge in [0.05, 0.1) is 12.3 Å². The standard InChI is InChI=1S/C12H20N2O2/c1-2-3-7-15-8-9-16-12-5-4-6-14-11(12)10-13/h4-6H,2-3,7-10,13H2,1H3. The first-order chi connectivity index (χ1) is 7.88. The van der Waals surface area contributed by atoms with Gasteiger partial charge in [-0.2, -0.15) is 0 Å². The van der Waals surface area contributed by atoms with E-state index in [9.17, 15) is 0 Å². The second kappa shape index (κ2) is 8.07. The van der Waals surface area contributed by atoms with Gasteiger partial charge in [-0.05, 0) is 18.6 Å². The van der Waals surface area contributed by atoms with Gasteiger partial charge in [-0.3, -0.25) is 4.98 Å². The van der Waals surface area contributed by atoms with Crippen LogP contribution in [0, 0.1) is 0 Å². The second-order valence-corrected chi connectivity index (χ2v) is 3.47. The number of rotatable bonds is 8. The minimum absolute atomic E-state index is 0.396. The number of pyridine rings is 1. The van der Waals surface area contributed by atoms with E-state index in [-0.39, 0.29) is 0 Å². The van der Waals surface area contributed by atoms with Gasteiger partial charge in [0.2, 0.25) is 0 Å². The predicted molar refractivity (Wildman–Crippen MR) is 63.4 cm³/mol. The van der Waals surface area contributed by atoms with Crippen LogP contribution in [0.4, 0.5) is 0 Å². The van der Waals surface area contributed by atoms with Gasteiger partial charge >= 0.3 is 0 Å². The Bertz CT molecular complexity index is 292. The van der Waals surface area contributed by atoms with E-state index in [2.05, 4.69) is 11.9 Å². The molecule has 90 valence electrons. The summed E-state index contributed by atoms with van der Waals surface area (Å²) < 4.78 is 10.9. The highest BCUT2D eigenvalue weighted by molar-refractivity contribution is 5.26. The third kappa shape index (κ3) is 4.59. The van der Waals surface area contributed by atoms with Gasteiger partial charge in [0.1, 0.15) is 12.4 Å². The minimum atomic E-state index is 0.396. The molecule has 1 heterocycles. The van der Waals surface area contributed by atoms with Crippen molar-refractivity contribution >= 4 is 0 Å². The number of unbranched alkanes of at least 4 members (excludes halogenated alkanes) is 1. The van der Waals surface area contributed by atoms with Crippen molar-refractivity contribution in [3.63, 3.8) is 0 Å². The van der Waals surface area contributed by atoms with Crippen LogP contribution >= 0.6 is 0 Å². The van der Waals surface area contributed by atoms with Crippen molar-refractivity contribution in [1.29, 1.82) is 0 Å². The molecule has 0 radical (unpaired) electrons. The summed E-state index contributed by atoms with van der Waals surface area (Å²) in [4.78, 5) is 4.13. The van der Waals surface area contributed by atoms with Gasteiger partial charge in [0, 0.05) is 19.3 Å². The average Bonchev–Trinajstić information content (AvgIpc) is 2.34. The number of nitrogens with two attached hydrogens (primary N) is 1. The first kappa shape index (κ1) is 12.9. The summed E-state index contributed by atoms with van der Waals surface area (Å²) in [6, 6.07) is 3.72. The van der Waals surface area contributed by atoms with Crippen LogP contribution in [0.2, 0.25) is 0 Å². The van der Waals surface area contributed by atoms with Gasteiger partial charge in [-0.15, -0.1) is 0 Å². The van der Waals surface area contributed by atoms with Crippen molar-refractivity contribution in [3.05, 3.63) is 24.0 Å². The summed E-state index contributed by atoms with van der Waals surface area (Å²) in [6.07, 6.45) is 3.97. The summed E-state index contributed by atoms with van der Waals surface area (Å²) in [7, 11) is 0. The molecule has 0 atom stereocenters. The first-order valence-corrected chi connectivity index (χ1v) is 5.73. The molecular weight excluding hydrogens is 204 g/mol. The highest BCUT2D eigenvalue weighted by Gasteiger charge is 2.01. The smallest absolute Gasteiger partial charge is 0.142 e. The maximum atomic E-state index is 5.55. The highest BCUT2D eigenvalue weighted by atomic mass is 16.5. The van der Waals surface area contributed by atoms with Crippen LogP contribution in [-0.2, 0) is 11.3 Å². The molecular formula is C12H20N2O2. The van der Waals surface area contributed by atoms with Gasteiger partial charge in [-0.1, -0.05) is 13.3 Å². The molecule has 0 spiro atoms. The van der Waals surface area contributed by atoms with Gasteiger partial charge in [0.15, 0.2) is 0 Å². The zero-order chi connectivity index (χ0) is 11.6. The number of aromatic nitrogens is 1. The zero-order valence-electron chi connectivity index (χ0n) is 9.82. The molecule has 0 amide bonds. The normalized spacial score (nSPS) is 10.4. The topological polar surface area (TPSA) is 57.4 Å². The van der Waals surface area contributed by atoms with Gasteiger partial charge in [-0.25, -0.2) is 0 Å². The van der Waals surface area contributed by atoms with Gasteiger partial charge in [0.25, 0.3) is 0 Å². The molecule has 0 bridgehead atoms. The van der Waals surface area contributed by atoms with E-state index < -0.39 is 0 Å². The van der Waals surface area contributed by atoms with Gasteiger partial charge < -0.3 is 15.2 Å². The molecule has 0 aliphatic rings. The van der Waals surface area contributed by atoms with Crippen LogP contribution < -0.4 is 10.5 Å². The fourth-order valence-corrected chi connectivity index (χ4v) is 1.27. The van der Waals surface area contributed by atoms with Crippen LogP contribution in [0.25, 0.3) is 0 Å². The largest absolute Gasteiger partial charge is 0.489 e. The lowest BCUT2D eigenvalue weighted by Gasteiger charge is -2.09. The summed E-state index contributed by atoms with van der Waals surface area (Å²) in [5.41, 5.74) is 6.33. The lowest BCUT2D eigenvalue weighted by molar-refractivity contribution is 0.0976. The summed E-state index contributed by atoms with van der Waals surface area (Å²) >= 11 is 0. The molecule has 0 aromatic carbocycles. The van der Waals surface area contributed by atoms with E-state index >= 15 is 0 Å². The number of nitrogens with zero attached hydrogens (tertiary/aromatic N) is 1. The van der Waals surface area contributed by atoms with E-state index in [1.807, 2.05) is 12.1 Å². The van der Waals surface area contributed by atoms with Crippen molar-refractivity contribution in [1.82, 2.24) is 4.98 Å². The molecule has 0 saturated heterocycles. The van der Waals surface area contributed by atoms with Crippen LogP contribution in [0.1, 0.15) is 25.5 Å². The molecule has 1 aromatic heterocycles. The number of hydrogen-bond donors (Lipinski definition) is 1. The van der Waals surface area contributed by atoms with E-state index in [1.54, 1.807) is 6.20 Å². The molecule has 0 fully saturated rings. The fraction of sp³-hybridized carbons (Fsp3) is 0.583. The third-order valence-electron chi connectivity index (χ3n) is 2.17. The summed E-state index contributed by atoms with van der Waals surface area (Å²) in [5.74, 6) is 0.754. The quantitative estimate of drug-likeness (QED) is 0.683. The van der Waals surface area contributed by atoms with Crippen LogP contribution in [0.3, 0.4) is 0 Å². The Labute approximate surface area is 96.8 Å². The Kier molecular flexibility index (Phi) is 6.53. The summed E-state index contributed by atoms with van der Waals surface area (Å²) in [6.45, 7) is 4.49. The SMILES string of the molecule is CCCCOCCOc1cccnc1CN. The lowest BCUT2D eigenvalue weighted by atomic mass is 10.3. The van der Waals surface area contributed by atoms with Crippen LogP contribution in [0.5, 0.6) is 5.75 Å². The van der Waals surface area contributed by atoms with Crippen molar-refractivity contribution in [3.8, 4) is 5.75 Å². The number of ether oxygens (including phenoxy) is 2. The summed E-state index contributed by atoms with van der Waals surface area (Å²) in [5, 5.41) is 0. The lowest BCUT2D eigenvalue weighted by Crippen LogP contribution is -2.10. The zero-order valence-corrected chi connectivity index (χ0v) is 9.82. The molecule has 0 saturated carbocycles. The van der Waals surface area contributed by atoms with E-state index in [4.69, 9.17) is 15.2 Å². The molecule has 4 nitrogen and oxygen atoms in total. The van der Waals surface area contributed by atoms with Crippen molar-refractivity contribution in [2.75, 3.05) is 19.8 Å². The van der Waals surface area contributed by atoms with Crippen molar-refractivity contribution in [2.24, 2.45) is 5.73 Å². The third-order valence-corrected chi connectivity index (χ3v) is 2.17. The molecule has 4 heteroatoms. The molecule has 0 aliphatic carbocycles. The van der Waals surface area contributed by atoms with E-state index in [0.29, 0.717) is 19.8 Å². The fourth-order valence-electron chi connectivity index (χ4n) is 1.27. The Morgan fingerprint density at radius 1 is 1.31 bits per heavy atom. The van der Waals surface area contributed by atoms with Crippen molar-refractivity contribution < 1.29 is 9.47 Å². The Balaban J connectivity index is 2.21. The highest BCUT2D eigenvalue weighted by Crippen LogP contribution is 2.13. The first-order valence-electron chi connectivity index (χ1n) is 5.73. The molecule has 16 heavy (non-hydrogen) atoms. The Morgan fingerprint density at radius 2 is 2.19 bits per heavy atom. The average molecular weight is 224 g/mol. The molecule has 1 aromatic rings. The van der Waals surface area contributed by atoms with E-state index in [0.717, 1.165) is 30.9 Å². The second-order valence-electron chi connectivity index (χ2n) is 3.47. The molecule has 0 unspecified atom stereocenters. The molecule has 0 aliphatic heterocycles. The monoisotopic (exact) mass is 224 g/mol. The van der Waals surface area contributed by atoms with Crippen molar-refractivity contribution in [2.45, 2.75) is 26.3 Å².